The van der Waals surface area contributed by atoms with Gasteiger partial charge in [-0.1, -0.05) is 0 Å². The lowest BCUT2D eigenvalue weighted by Gasteiger charge is -2.26. The van der Waals surface area contributed by atoms with Crippen molar-refractivity contribution >= 4 is 17.6 Å². The number of hydrogen-bond acceptors (Lipinski definition) is 8. The molecule has 0 aliphatic carbocycles. The standard InChI is InChI=1S/C17H42N2O6Si2/c1-18(14-10-16-26(20-3,21-4)22-5)12-9-13-19(2)15-11-17-27(23-6,24-7)25-8/h9-17H2,1-8H3. The van der Waals surface area contributed by atoms with Crippen LogP contribution in [0.15, 0.2) is 0 Å². The molecule has 0 rings (SSSR count). The maximum atomic E-state index is 5.46. The van der Waals surface area contributed by atoms with Gasteiger partial charge in [-0.2, -0.15) is 0 Å². The molecule has 0 bridgehead atoms. The maximum absolute atomic E-state index is 5.46. The summed E-state index contributed by atoms with van der Waals surface area (Å²) in [7, 11) is 9.43. The molecule has 0 saturated carbocycles. The lowest BCUT2D eigenvalue weighted by molar-refractivity contribution is 0.121. The van der Waals surface area contributed by atoms with Gasteiger partial charge >= 0.3 is 17.6 Å². The lowest BCUT2D eigenvalue weighted by Crippen LogP contribution is -2.43. The van der Waals surface area contributed by atoms with E-state index < -0.39 is 17.6 Å². The van der Waals surface area contributed by atoms with Crippen LogP contribution in [0.25, 0.3) is 0 Å². The first-order valence-electron chi connectivity index (χ1n) is 9.54. The molecule has 0 aromatic carbocycles. The first-order valence-corrected chi connectivity index (χ1v) is 13.4. The quantitative estimate of drug-likeness (QED) is 0.307. The Balaban J connectivity index is 3.92. The van der Waals surface area contributed by atoms with Crippen LogP contribution in [0.4, 0.5) is 0 Å². The van der Waals surface area contributed by atoms with Crippen molar-refractivity contribution in [3.8, 4) is 0 Å². The third-order valence-corrected chi connectivity index (χ3v) is 10.7. The third-order valence-electron chi connectivity index (χ3n) is 4.99. The van der Waals surface area contributed by atoms with E-state index in [1.807, 2.05) is 0 Å². The van der Waals surface area contributed by atoms with Crippen LogP contribution in [-0.4, -0.2) is 110 Å². The lowest BCUT2D eigenvalue weighted by atomic mass is 10.3. The Morgan fingerprint density at radius 1 is 0.481 bits per heavy atom. The average molecular weight is 427 g/mol. The molecule has 0 unspecified atom stereocenters. The fourth-order valence-corrected chi connectivity index (χ4v) is 6.48. The molecule has 27 heavy (non-hydrogen) atoms. The largest absolute Gasteiger partial charge is 0.500 e. The van der Waals surface area contributed by atoms with E-state index in [1.54, 1.807) is 42.7 Å². The third kappa shape index (κ3) is 10.5. The van der Waals surface area contributed by atoms with E-state index in [2.05, 4.69) is 23.9 Å². The highest BCUT2D eigenvalue weighted by atomic mass is 28.4. The van der Waals surface area contributed by atoms with Gasteiger partial charge in [-0.15, -0.1) is 0 Å². The Bertz CT molecular complexity index is 312. The monoisotopic (exact) mass is 426 g/mol. The minimum absolute atomic E-state index is 0.838. The van der Waals surface area contributed by atoms with Crippen molar-refractivity contribution in [1.29, 1.82) is 0 Å². The first-order chi connectivity index (χ1) is 12.9. The van der Waals surface area contributed by atoms with Crippen LogP contribution in [0.3, 0.4) is 0 Å². The van der Waals surface area contributed by atoms with Crippen LogP contribution < -0.4 is 0 Å². The molecule has 0 fully saturated rings. The molecule has 0 amide bonds. The smallest absolute Gasteiger partial charge is 0.377 e. The van der Waals surface area contributed by atoms with Crippen molar-refractivity contribution in [3.05, 3.63) is 0 Å². The van der Waals surface area contributed by atoms with Crippen LogP contribution in [0.1, 0.15) is 19.3 Å². The molecule has 0 aromatic rings. The number of rotatable bonds is 18. The summed E-state index contributed by atoms with van der Waals surface area (Å²) in [6, 6.07) is 1.68. The zero-order chi connectivity index (χ0) is 20.8. The summed E-state index contributed by atoms with van der Waals surface area (Å²) >= 11 is 0. The van der Waals surface area contributed by atoms with Crippen molar-refractivity contribution in [2.45, 2.75) is 31.4 Å². The topological polar surface area (TPSA) is 61.9 Å². The Morgan fingerprint density at radius 2 is 0.741 bits per heavy atom. The molecule has 0 heterocycles. The molecule has 10 heteroatoms. The van der Waals surface area contributed by atoms with Crippen LogP contribution in [-0.2, 0) is 26.6 Å². The fraction of sp³-hybridized carbons (Fsp3) is 1.00. The summed E-state index contributed by atoms with van der Waals surface area (Å²) in [5.74, 6) is 0. The minimum Gasteiger partial charge on any atom is -0.377 e. The second kappa shape index (κ2) is 15.0. The highest BCUT2D eigenvalue weighted by Gasteiger charge is 2.37. The molecule has 0 aliphatic heterocycles. The normalized spacial score (nSPS) is 13.1. The van der Waals surface area contributed by atoms with Crippen molar-refractivity contribution in [2.24, 2.45) is 0 Å². The van der Waals surface area contributed by atoms with Crippen molar-refractivity contribution in [1.82, 2.24) is 9.80 Å². The van der Waals surface area contributed by atoms with Gasteiger partial charge in [-0.3, -0.25) is 0 Å². The molecule has 0 spiro atoms. The molecule has 0 saturated heterocycles. The van der Waals surface area contributed by atoms with Crippen LogP contribution in [0, 0.1) is 0 Å². The second-order valence-corrected chi connectivity index (χ2v) is 12.9. The van der Waals surface area contributed by atoms with Gasteiger partial charge < -0.3 is 36.4 Å². The van der Waals surface area contributed by atoms with Gasteiger partial charge in [0.25, 0.3) is 0 Å². The van der Waals surface area contributed by atoms with Gasteiger partial charge in [0, 0.05) is 54.7 Å². The molecule has 164 valence electrons. The van der Waals surface area contributed by atoms with Gasteiger partial charge in [0.2, 0.25) is 0 Å². The summed E-state index contributed by atoms with van der Waals surface area (Å²) in [5, 5.41) is 0. The number of hydrogen-bond donors (Lipinski definition) is 0. The highest BCUT2D eigenvalue weighted by molar-refractivity contribution is 6.60. The molecular formula is C17H42N2O6Si2. The minimum atomic E-state index is -2.44. The summed E-state index contributed by atoms with van der Waals surface area (Å²) in [6.07, 6.45) is 3.15. The van der Waals surface area contributed by atoms with Crippen LogP contribution >= 0.6 is 0 Å². The van der Waals surface area contributed by atoms with E-state index in [0.717, 1.165) is 57.5 Å². The predicted molar refractivity (Wildman–Crippen MR) is 112 cm³/mol. The van der Waals surface area contributed by atoms with Gasteiger partial charge in [-0.05, 0) is 59.5 Å². The maximum Gasteiger partial charge on any atom is 0.500 e. The summed E-state index contributed by atoms with van der Waals surface area (Å²) < 4.78 is 32.8. The van der Waals surface area contributed by atoms with Gasteiger partial charge in [0.05, 0.1) is 0 Å². The van der Waals surface area contributed by atoms with E-state index in [4.69, 9.17) is 26.6 Å². The van der Waals surface area contributed by atoms with Crippen molar-refractivity contribution in [3.63, 3.8) is 0 Å². The molecule has 0 radical (unpaired) electrons. The number of nitrogens with zero attached hydrogens (tertiary/aromatic N) is 2. The average Bonchev–Trinajstić information content (AvgIpc) is 2.69. The van der Waals surface area contributed by atoms with E-state index in [1.165, 1.54) is 0 Å². The van der Waals surface area contributed by atoms with E-state index >= 15 is 0 Å². The Kier molecular flexibility index (Phi) is 15.1. The summed E-state index contributed by atoms with van der Waals surface area (Å²) in [6.45, 7) is 4.16. The molecule has 0 atom stereocenters. The van der Waals surface area contributed by atoms with Gasteiger partial charge in [-0.25, -0.2) is 0 Å². The van der Waals surface area contributed by atoms with E-state index in [0.29, 0.717) is 0 Å². The summed E-state index contributed by atoms with van der Waals surface area (Å²) in [5.41, 5.74) is 0. The van der Waals surface area contributed by atoms with E-state index in [9.17, 15) is 0 Å². The molecule has 0 aromatic heterocycles. The van der Waals surface area contributed by atoms with E-state index in [-0.39, 0.29) is 0 Å². The zero-order valence-electron chi connectivity index (χ0n) is 18.7. The van der Waals surface area contributed by atoms with Crippen molar-refractivity contribution in [2.75, 3.05) is 82.9 Å². The fourth-order valence-electron chi connectivity index (χ4n) is 3.08. The van der Waals surface area contributed by atoms with Gasteiger partial charge in [0.1, 0.15) is 0 Å². The first kappa shape index (κ1) is 27.1. The summed E-state index contributed by atoms with van der Waals surface area (Å²) in [4.78, 5) is 4.71. The van der Waals surface area contributed by atoms with Gasteiger partial charge in [0.15, 0.2) is 0 Å². The van der Waals surface area contributed by atoms with Crippen LogP contribution in [0.5, 0.6) is 0 Å². The highest BCUT2D eigenvalue weighted by Crippen LogP contribution is 2.16. The molecule has 0 N–H and O–H groups in total. The second-order valence-electron chi connectivity index (χ2n) is 6.76. The Labute approximate surface area is 168 Å². The zero-order valence-corrected chi connectivity index (χ0v) is 20.7. The van der Waals surface area contributed by atoms with Crippen molar-refractivity contribution < 1.29 is 26.6 Å². The Hall–Kier alpha value is 0.114. The van der Waals surface area contributed by atoms with Crippen LogP contribution in [0.2, 0.25) is 12.1 Å². The SMILES string of the molecule is CO[Si](CCCN(C)CCCN(C)CCC[Si](OC)(OC)OC)(OC)OC. The molecular weight excluding hydrogens is 384 g/mol. The Morgan fingerprint density at radius 3 is 1.00 bits per heavy atom. The molecule has 0 aliphatic rings. The molecule has 8 nitrogen and oxygen atoms in total. The predicted octanol–water partition coefficient (Wildman–Crippen LogP) is 1.78.